The first-order chi connectivity index (χ1) is 40.6. The van der Waals surface area contributed by atoms with Crippen LogP contribution in [0.5, 0.6) is 11.5 Å². The Morgan fingerprint density at radius 3 is 2.52 bits per heavy atom. The molecule has 7 aliphatic carbocycles. The van der Waals surface area contributed by atoms with Crippen LogP contribution in [0, 0.1) is 64.6 Å². The maximum Gasteiger partial charge on any atom is 0.160 e. The maximum atomic E-state index is 15.3. The molecule has 0 bridgehead atoms. The highest BCUT2D eigenvalue weighted by atomic mass is 16.5. The summed E-state index contributed by atoms with van der Waals surface area (Å²) in [5, 5.41) is 84.2. The summed E-state index contributed by atoms with van der Waals surface area (Å²) in [7, 11) is 1.49. The predicted octanol–water partition coefficient (Wildman–Crippen LogP) is 8.22. The summed E-state index contributed by atoms with van der Waals surface area (Å²) in [5.41, 5.74) is 13.3. The largest absolute Gasteiger partial charge is 0.504 e. The second-order valence-electron chi connectivity index (χ2n) is 27.2. The first-order valence-corrected chi connectivity index (χ1v) is 31.7. The number of allylic oxidation sites excluding steroid dienone is 3. The van der Waals surface area contributed by atoms with E-state index in [0.29, 0.717) is 55.8 Å². The number of aromatic amines is 1. The van der Waals surface area contributed by atoms with E-state index in [1.165, 1.54) is 42.3 Å². The van der Waals surface area contributed by atoms with Crippen molar-refractivity contribution in [3.63, 3.8) is 0 Å². The monoisotopic (exact) mass is 1140 g/mol. The van der Waals surface area contributed by atoms with Gasteiger partial charge in [-0.25, -0.2) is 0 Å². The number of aryl methyl sites for hydroxylation is 1. The number of phenols is 1. The minimum Gasteiger partial charge on any atom is -0.504 e. The Balaban J connectivity index is 0.846. The number of ether oxygens (including phenoxy) is 1. The molecular weight excluding hydrogens is 1050 g/mol. The summed E-state index contributed by atoms with van der Waals surface area (Å²) in [4.78, 5) is 33.1. The van der Waals surface area contributed by atoms with Crippen LogP contribution in [-0.2, 0) is 16.0 Å². The van der Waals surface area contributed by atoms with E-state index in [0.717, 1.165) is 59.8 Å². The molecule has 17 atom stereocenters. The Labute approximate surface area is 494 Å². The molecule has 14 nitrogen and oxygen atoms in total. The number of ketones is 2. The van der Waals surface area contributed by atoms with Gasteiger partial charge in [0.05, 0.1) is 31.2 Å². The van der Waals surface area contributed by atoms with Crippen molar-refractivity contribution in [2.75, 3.05) is 26.7 Å². The zero-order valence-electron chi connectivity index (χ0n) is 49.0. The number of benzene rings is 3. The minimum absolute atomic E-state index is 0.0124. The number of piperidine rings is 1. The smallest absolute Gasteiger partial charge is 0.160 e. The second-order valence-corrected chi connectivity index (χ2v) is 27.2. The Kier molecular flexibility index (Phi) is 15.6. The molecule has 4 aromatic rings. The van der Waals surface area contributed by atoms with E-state index in [4.69, 9.17) is 10.5 Å². The standard InChI is InChI=1S/C70H87N5O9/c1-4-37-33-73-60(71)31-49(37)48(40-12-11-38-9-5-6-10-39(38)25-40)30-55(78)54(77)26-42-19-23-70(58(80)17-14-41-27-57(84-3)56(79)29-47(41)42)24-20-43(28-59(70)81)62-45(16-18-61(82)83)50-35-72-52-32-53(76)46-15-13-44-34-74-68-63(44)64(46)67(52)65(50)66(68)51(62)36-75-69(2)21-7-8-22-69/h5-6,9-13,15,25,27,29,31,34,42-43,45-46,48,50-52,54-55,59,61-62,64-67,72-75,77-79,81-83H,4,7-8,14,16-18,20-22,24,26,28,30,32-33,35-36,71H2,1-3H3. The Hall–Kier alpha value is -5.76. The van der Waals surface area contributed by atoms with Gasteiger partial charge in [0, 0.05) is 72.4 Å². The van der Waals surface area contributed by atoms with Crippen LogP contribution in [0.4, 0.5) is 0 Å². The number of carbonyl (C=O) groups excluding carboxylic acids is 2. The third-order valence-electron chi connectivity index (χ3n) is 22.9. The number of phenolic OH excluding ortho intramolecular Hbond substituents is 1. The van der Waals surface area contributed by atoms with Crippen LogP contribution in [0.1, 0.15) is 161 Å². The van der Waals surface area contributed by atoms with E-state index in [1.54, 1.807) is 12.1 Å². The Morgan fingerprint density at radius 1 is 0.940 bits per heavy atom. The molecule has 0 radical (unpaired) electrons. The van der Waals surface area contributed by atoms with Crippen LogP contribution < -0.4 is 26.4 Å². The average molecular weight is 1140 g/mol. The summed E-state index contributed by atoms with van der Waals surface area (Å²) in [6, 6.07) is 18.0. The Bertz CT molecular complexity index is 3350. The maximum absolute atomic E-state index is 15.3. The molecule has 446 valence electrons. The third-order valence-corrected chi connectivity index (χ3v) is 22.9. The number of carbonyl (C=O) groups is 2. The first kappa shape index (κ1) is 57.3. The van der Waals surface area contributed by atoms with E-state index >= 15 is 4.79 Å². The van der Waals surface area contributed by atoms with Gasteiger partial charge in [-0.2, -0.15) is 0 Å². The fourth-order valence-corrected chi connectivity index (χ4v) is 18.9. The van der Waals surface area contributed by atoms with Crippen molar-refractivity contribution in [1.82, 2.24) is 20.9 Å². The number of hydrogen-bond donors (Lipinski definition) is 11. The molecule has 1 saturated heterocycles. The number of aromatic nitrogens is 1. The predicted molar refractivity (Wildman–Crippen MR) is 323 cm³/mol. The lowest BCUT2D eigenvalue weighted by molar-refractivity contribution is -0.144. The lowest BCUT2D eigenvalue weighted by Crippen LogP contribution is -2.67. The van der Waals surface area contributed by atoms with Crippen LogP contribution in [0.3, 0.4) is 0 Å². The number of aliphatic hydroxyl groups is 5. The van der Waals surface area contributed by atoms with Gasteiger partial charge < -0.3 is 62.0 Å². The number of nitrogens with two attached hydrogens (primary N) is 1. The summed E-state index contributed by atoms with van der Waals surface area (Å²) < 4.78 is 5.62. The fourth-order valence-electron chi connectivity index (χ4n) is 18.9. The van der Waals surface area contributed by atoms with Gasteiger partial charge in [-0.05, 0) is 200 Å². The average Bonchev–Trinajstić information content (AvgIpc) is 1.19. The SMILES string of the molecule is CCC1=C(C(CC(O)C(O)CC2C#CC3(CCC(C4C(CCC(O)O)C5CNC6CC(=O)C7C=Cc8c[nH]c9c8C7C6C5C9C4CNC4(C)CCCC4)CC3O)C(=O)CCc3cc(OC)c(O)cc32)c2ccc3ccccc3c2)C=C(N)NC1. The van der Waals surface area contributed by atoms with Crippen molar-refractivity contribution >= 4 is 28.4 Å². The van der Waals surface area contributed by atoms with E-state index in [1.807, 2.05) is 18.2 Å². The fraction of sp³-hybridized carbons (Fsp3) is 0.571. The van der Waals surface area contributed by atoms with E-state index in [9.17, 15) is 35.4 Å². The van der Waals surface area contributed by atoms with Crippen molar-refractivity contribution < 1.29 is 45.0 Å². The lowest BCUT2D eigenvalue weighted by Gasteiger charge is -2.65. The van der Waals surface area contributed by atoms with E-state index in [2.05, 4.69) is 95.3 Å². The van der Waals surface area contributed by atoms with Gasteiger partial charge in [-0.3, -0.25) is 9.59 Å². The number of H-pyrrole nitrogens is 1. The summed E-state index contributed by atoms with van der Waals surface area (Å²) >= 11 is 0. The molecule has 13 rings (SSSR count). The van der Waals surface area contributed by atoms with Crippen LogP contribution in [-0.4, -0.2) is 110 Å². The minimum atomic E-state index is -1.47. The number of methoxy groups -OCH3 is 1. The van der Waals surface area contributed by atoms with Gasteiger partial charge in [0.15, 0.2) is 23.6 Å². The van der Waals surface area contributed by atoms with Crippen molar-refractivity contribution in [1.29, 1.82) is 0 Å². The highest BCUT2D eigenvalue weighted by Gasteiger charge is 2.65. The molecule has 3 heterocycles. The van der Waals surface area contributed by atoms with Crippen LogP contribution in [0.2, 0.25) is 0 Å². The molecule has 9 aliphatic rings. The van der Waals surface area contributed by atoms with Gasteiger partial charge in [-0.15, -0.1) is 0 Å². The first-order valence-electron chi connectivity index (χ1n) is 31.7. The molecule has 4 saturated carbocycles. The molecule has 12 N–H and O–H groups in total. The molecule has 1 spiro atoms. The molecule has 14 heteroatoms. The normalized spacial score (nSPS) is 33.9. The van der Waals surface area contributed by atoms with Gasteiger partial charge in [0.25, 0.3) is 0 Å². The summed E-state index contributed by atoms with van der Waals surface area (Å²) in [6.07, 6.45) is 11.8. The van der Waals surface area contributed by atoms with E-state index in [-0.39, 0.29) is 126 Å². The van der Waals surface area contributed by atoms with Crippen molar-refractivity contribution in [2.45, 2.75) is 170 Å². The number of Topliss-reactive ketones (excluding diaryl/α,β-unsaturated/α-hetero) is 2. The van der Waals surface area contributed by atoms with Gasteiger partial charge in [-0.1, -0.05) is 86.2 Å². The van der Waals surface area contributed by atoms with Crippen LogP contribution >= 0.6 is 0 Å². The zero-order valence-corrected chi connectivity index (χ0v) is 49.0. The van der Waals surface area contributed by atoms with Gasteiger partial charge in [0.1, 0.15) is 11.2 Å². The van der Waals surface area contributed by atoms with Gasteiger partial charge in [0.2, 0.25) is 0 Å². The number of dihydropyridines is 1. The van der Waals surface area contributed by atoms with Crippen LogP contribution in [0.25, 0.3) is 16.8 Å². The van der Waals surface area contributed by atoms with E-state index < -0.39 is 35.9 Å². The molecule has 5 fully saturated rings. The van der Waals surface area contributed by atoms with Crippen molar-refractivity contribution in [2.24, 2.45) is 58.5 Å². The highest BCUT2D eigenvalue weighted by molar-refractivity contribution is 5.90. The summed E-state index contributed by atoms with van der Waals surface area (Å²) in [6.45, 7) is 6.54. The van der Waals surface area contributed by atoms with Crippen LogP contribution in [0.15, 0.2) is 89.9 Å². The zero-order chi connectivity index (χ0) is 58.3. The number of aliphatic hydroxyl groups excluding tert-OH is 4. The number of aromatic hydroxyl groups is 1. The molecule has 1 aromatic heterocycles. The number of nitrogens with one attached hydrogen (secondary N) is 4. The molecule has 84 heavy (non-hydrogen) atoms. The topological polar surface area (TPSA) is 243 Å². The molecule has 3 aromatic carbocycles. The second kappa shape index (κ2) is 22.8. The number of hydrogen-bond acceptors (Lipinski definition) is 13. The summed E-state index contributed by atoms with van der Waals surface area (Å²) in [5.74, 6) is 7.67. The third kappa shape index (κ3) is 10.0. The lowest BCUT2D eigenvalue weighted by atomic mass is 9.41. The van der Waals surface area contributed by atoms with Gasteiger partial charge >= 0.3 is 0 Å². The highest BCUT2D eigenvalue weighted by Crippen LogP contribution is 2.68. The quantitative estimate of drug-likeness (QED) is 0.0375. The molecule has 2 aliphatic heterocycles. The molecule has 17 unspecified atom stereocenters. The number of fused-ring (bicyclic) bond motifs is 3. The molecule has 0 amide bonds. The molecular formula is C70H87N5O9. The Morgan fingerprint density at radius 2 is 1.75 bits per heavy atom. The number of rotatable bonds is 16. The van der Waals surface area contributed by atoms with Crippen molar-refractivity contribution in [3.05, 3.63) is 123 Å². The van der Waals surface area contributed by atoms with Crippen molar-refractivity contribution in [3.8, 4) is 23.3 Å².